The van der Waals surface area contributed by atoms with E-state index in [1.54, 1.807) is 20.4 Å². The standard InChI is InChI=1S/C17H22N4O3/c1-23-14-5-3-4-13(16(14)24-2)17-19-8-11-21(17)12-15(22)20-9-6-18-7-10-20/h3-5,8,11,18H,6-7,9-10,12H2,1-2H3. The van der Waals surface area contributed by atoms with Crippen molar-refractivity contribution in [3.63, 3.8) is 0 Å². The van der Waals surface area contributed by atoms with Crippen molar-refractivity contribution >= 4 is 5.91 Å². The van der Waals surface area contributed by atoms with Gasteiger partial charge in [0.15, 0.2) is 11.5 Å². The average molecular weight is 330 g/mol. The number of para-hydroxylation sites is 1. The number of amides is 1. The molecule has 0 unspecified atom stereocenters. The maximum Gasteiger partial charge on any atom is 0.242 e. The third kappa shape index (κ3) is 3.21. The molecule has 1 saturated heterocycles. The number of rotatable bonds is 5. The minimum atomic E-state index is 0.0950. The molecule has 1 amide bonds. The molecule has 1 aromatic carbocycles. The number of aromatic nitrogens is 2. The summed E-state index contributed by atoms with van der Waals surface area (Å²) in [5.41, 5.74) is 0.801. The summed E-state index contributed by atoms with van der Waals surface area (Å²) in [6.45, 7) is 3.42. The van der Waals surface area contributed by atoms with Crippen molar-refractivity contribution in [2.24, 2.45) is 0 Å². The molecular weight excluding hydrogens is 308 g/mol. The first-order chi connectivity index (χ1) is 11.7. The van der Waals surface area contributed by atoms with Crippen LogP contribution in [0.2, 0.25) is 0 Å². The van der Waals surface area contributed by atoms with E-state index in [0.717, 1.165) is 31.7 Å². The molecule has 7 nitrogen and oxygen atoms in total. The molecule has 2 aromatic rings. The van der Waals surface area contributed by atoms with Crippen LogP contribution in [-0.2, 0) is 11.3 Å². The molecule has 0 spiro atoms. The highest BCUT2D eigenvalue weighted by Gasteiger charge is 2.20. The van der Waals surface area contributed by atoms with E-state index in [1.165, 1.54) is 0 Å². The Kier molecular flexibility index (Phi) is 5.00. The Labute approximate surface area is 141 Å². The molecule has 1 aliphatic heterocycles. The summed E-state index contributed by atoms with van der Waals surface area (Å²) in [5.74, 6) is 2.03. The van der Waals surface area contributed by atoms with Crippen LogP contribution >= 0.6 is 0 Å². The van der Waals surface area contributed by atoms with E-state index >= 15 is 0 Å². The van der Waals surface area contributed by atoms with Crippen LogP contribution < -0.4 is 14.8 Å². The number of hydrogen-bond donors (Lipinski definition) is 1. The maximum atomic E-state index is 12.5. The fourth-order valence-corrected chi connectivity index (χ4v) is 2.90. The van der Waals surface area contributed by atoms with Gasteiger partial charge in [-0.15, -0.1) is 0 Å². The molecule has 0 saturated carbocycles. The van der Waals surface area contributed by atoms with Gasteiger partial charge in [0.25, 0.3) is 0 Å². The number of nitrogens with one attached hydrogen (secondary N) is 1. The molecule has 1 aromatic heterocycles. The van der Waals surface area contributed by atoms with Gasteiger partial charge in [-0.2, -0.15) is 0 Å². The summed E-state index contributed by atoms with van der Waals surface area (Å²) in [7, 11) is 3.20. The number of methoxy groups -OCH3 is 2. The van der Waals surface area contributed by atoms with E-state index in [1.807, 2.05) is 33.9 Å². The number of piperazine rings is 1. The molecule has 2 heterocycles. The van der Waals surface area contributed by atoms with Crippen LogP contribution in [0.3, 0.4) is 0 Å². The molecular formula is C17H22N4O3. The maximum absolute atomic E-state index is 12.5. The van der Waals surface area contributed by atoms with Gasteiger partial charge in [0.05, 0.1) is 19.8 Å². The summed E-state index contributed by atoms with van der Waals surface area (Å²) < 4.78 is 12.7. The zero-order valence-corrected chi connectivity index (χ0v) is 14.0. The normalized spacial score (nSPS) is 14.5. The number of carbonyl (C=O) groups is 1. The molecule has 1 N–H and O–H groups in total. The summed E-state index contributed by atoms with van der Waals surface area (Å²) in [4.78, 5) is 18.8. The Morgan fingerprint density at radius 1 is 1.25 bits per heavy atom. The number of benzene rings is 1. The van der Waals surface area contributed by atoms with Gasteiger partial charge in [0.1, 0.15) is 12.4 Å². The van der Waals surface area contributed by atoms with Gasteiger partial charge in [-0.1, -0.05) is 6.07 Å². The van der Waals surface area contributed by atoms with Gasteiger partial charge in [-0.3, -0.25) is 4.79 Å². The highest BCUT2D eigenvalue weighted by Crippen LogP contribution is 2.36. The van der Waals surface area contributed by atoms with Crippen LogP contribution in [0.15, 0.2) is 30.6 Å². The van der Waals surface area contributed by atoms with Crippen LogP contribution in [0, 0.1) is 0 Å². The molecule has 0 atom stereocenters. The van der Waals surface area contributed by atoms with E-state index in [4.69, 9.17) is 9.47 Å². The first kappa shape index (κ1) is 16.3. The van der Waals surface area contributed by atoms with Gasteiger partial charge < -0.3 is 24.3 Å². The fourth-order valence-electron chi connectivity index (χ4n) is 2.90. The van der Waals surface area contributed by atoms with E-state index in [-0.39, 0.29) is 12.5 Å². The monoisotopic (exact) mass is 330 g/mol. The Morgan fingerprint density at radius 2 is 2.04 bits per heavy atom. The van der Waals surface area contributed by atoms with Gasteiger partial charge in [0, 0.05) is 38.6 Å². The molecule has 128 valence electrons. The second-order valence-electron chi connectivity index (χ2n) is 5.55. The van der Waals surface area contributed by atoms with Crippen molar-refractivity contribution in [2.75, 3.05) is 40.4 Å². The van der Waals surface area contributed by atoms with Gasteiger partial charge >= 0.3 is 0 Å². The second kappa shape index (κ2) is 7.35. The van der Waals surface area contributed by atoms with Crippen LogP contribution in [0.5, 0.6) is 11.5 Å². The third-order valence-electron chi connectivity index (χ3n) is 4.13. The Hall–Kier alpha value is -2.54. The first-order valence-electron chi connectivity index (χ1n) is 7.95. The predicted molar refractivity (Wildman–Crippen MR) is 90.2 cm³/mol. The predicted octanol–water partition coefficient (Wildman–Crippen LogP) is 0.999. The molecule has 7 heteroatoms. The fraction of sp³-hybridized carbons (Fsp3) is 0.412. The Bertz CT molecular complexity index is 708. The van der Waals surface area contributed by atoms with Crippen LogP contribution in [0.25, 0.3) is 11.4 Å². The molecule has 0 aliphatic carbocycles. The zero-order chi connectivity index (χ0) is 16.9. The van der Waals surface area contributed by atoms with Gasteiger partial charge in [0.2, 0.25) is 5.91 Å². The van der Waals surface area contributed by atoms with Gasteiger partial charge in [-0.25, -0.2) is 4.98 Å². The zero-order valence-electron chi connectivity index (χ0n) is 14.0. The topological polar surface area (TPSA) is 68.6 Å². The summed E-state index contributed by atoms with van der Waals surface area (Å²) in [6.07, 6.45) is 3.51. The number of carbonyl (C=O) groups excluding carboxylic acids is 1. The van der Waals surface area contributed by atoms with Crippen molar-refractivity contribution in [1.82, 2.24) is 19.8 Å². The quantitative estimate of drug-likeness (QED) is 0.886. The van der Waals surface area contributed by atoms with Crippen LogP contribution in [0.1, 0.15) is 0 Å². The van der Waals surface area contributed by atoms with Crippen molar-refractivity contribution in [2.45, 2.75) is 6.54 Å². The molecule has 24 heavy (non-hydrogen) atoms. The molecule has 0 radical (unpaired) electrons. The van der Waals surface area contributed by atoms with Crippen molar-refractivity contribution in [1.29, 1.82) is 0 Å². The summed E-state index contributed by atoms with van der Waals surface area (Å²) in [6, 6.07) is 5.63. The highest BCUT2D eigenvalue weighted by molar-refractivity contribution is 5.77. The van der Waals surface area contributed by atoms with Crippen LogP contribution in [-0.4, -0.2) is 60.8 Å². The van der Waals surface area contributed by atoms with E-state index in [9.17, 15) is 4.79 Å². The SMILES string of the molecule is COc1cccc(-c2nccn2CC(=O)N2CCNCC2)c1OC. The lowest BCUT2D eigenvalue weighted by Crippen LogP contribution is -2.47. The molecule has 3 rings (SSSR count). The summed E-state index contributed by atoms with van der Waals surface area (Å²) in [5, 5.41) is 3.25. The lowest BCUT2D eigenvalue weighted by molar-refractivity contribution is -0.132. The number of ether oxygens (including phenoxy) is 2. The highest BCUT2D eigenvalue weighted by atomic mass is 16.5. The van der Waals surface area contributed by atoms with E-state index in [2.05, 4.69) is 10.3 Å². The lowest BCUT2D eigenvalue weighted by Gasteiger charge is -2.27. The van der Waals surface area contributed by atoms with E-state index in [0.29, 0.717) is 17.3 Å². The van der Waals surface area contributed by atoms with Crippen molar-refractivity contribution in [3.05, 3.63) is 30.6 Å². The Morgan fingerprint density at radius 3 is 2.75 bits per heavy atom. The number of imidazole rings is 1. The third-order valence-corrected chi connectivity index (χ3v) is 4.13. The molecule has 1 fully saturated rings. The van der Waals surface area contributed by atoms with Crippen molar-refractivity contribution in [3.8, 4) is 22.9 Å². The minimum Gasteiger partial charge on any atom is -0.493 e. The minimum absolute atomic E-state index is 0.0950. The number of hydrogen-bond acceptors (Lipinski definition) is 5. The number of nitrogens with zero attached hydrogens (tertiary/aromatic N) is 3. The van der Waals surface area contributed by atoms with Crippen molar-refractivity contribution < 1.29 is 14.3 Å². The average Bonchev–Trinajstić information content (AvgIpc) is 3.09. The Balaban J connectivity index is 1.87. The second-order valence-corrected chi connectivity index (χ2v) is 5.55. The van der Waals surface area contributed by atoms with Gasteiger partial charge in [-0.05, 0) is 12.1 Å². The lowest BCUT2D eigenvalue weighted by atomic mass is 10.1. The summed E-state index contributed by atoms with van der Waals surface area (Å²) >= 11 is 0. The smallest absolute Gasteiger partial charge is 0.242 e. The van der Waals surface area contributed by atoms with Crippen LogP contribution in [0.4, 0.5) is 0 Å². The first-order valence-corrected chi connectivity index (χ1v) is 7.95. The van der Waals surface area contributed by atoms with E-state index < -0.39 is 0 Å². The largest absolute Gasteiger partial charge is 0.493 e. The molecule has 1 aliphatic rings. The molecule has 0 bridgehead atoms.